The van der Waals surface area contributed by atoms with Crippen LogP contribution in [0.4, 0.5) is 22.1 Å². The number of hydrogen-bond acceptors (Lipinski definition) is 6. The van der Waals surface area contributed by atoms with Gasteiger partial charge in [-0.15, -0.1) is 0 Å². The molecule has 0 radical (unpaired) electrons. The molecule has 102 valence electrons. The first-order valence-electron chi connectivity index (χ1n) is 5.63. The highest BCUT2D eigenvalue weighted by Gasteiger charge is 2.22. The van der Waals surface area contributed by atoms with Crippen LogP contribution in [-0.4, -0.2) is 52.2 Å². The van der Waals surface area contributed by atoms with E-state index in [-0.39, 0.29) is 11.5 Å². The average Bonchev–Trinajstić information content (AvgIpc) is 2.38. The van der Waals surface area contributed by atoms with Gasteiger partial charge in [-0.1, -0.05) is 0 Å². The van der Waals surface area contributed by atoms with Crippen molar-refractivity contribution in [3.63, 3.8) is 0 Å². The number of carboxylic acid groups (broad SMARTS) is 1. The molecular formula is C10H13N5O4. The van der Waals surface area contributed by atoms with E-state index in [1.165, 1.54) is 17.0 Å². The molecule has 0 aliphatic carbocycles. The molecule has 9 nitrogen and oxygen atoms in total. The minimum absolute atomic E-state index is 0.136. The van der Waals surface area contributed by atoms with Crippen molar-refractivity contribution in [1.29, 1.82) is 0 Å². The molecule has 2 rings (SSSR count). The van der Waals surface area contributed by atoms with Crippen LogP contribution in [-0.2, 0) is 0 Å². The van der Waals surface area contributed by atoms with Crippen molar-refractivity contribution in [3.8, 4) is 0 Å². The van der Waals surface area contributed by atoms with Crippen LogP contribution >= 0.6 is 0 Å². The Bertz CT molecular complexity index is 513. The first-order chi connectivity index (χ1) is 8.99. The number of nitro groups is 1. The summed E-state index contributed by atoms with van der Waals surface area (Å²) in [6.45, 7) is 1.70. The van der Waals surface area contributed by atoms with Crippen LogP contribution in [0.1, 0.15) is 0 Å². The summed E-state index contributed by atoms with van der Waals surface area (Å²) < 4.78 is 0. The minimum atomic E-state index is -0.948. The summed E-state index contributed by atoms with van der Waals surface area (Å²) in [5, 5.41) is 19.5. The van der Waals surface area contributed by atoms with Gasteiger partial charge in [-0.2, -0.15) is 0 Å². The first-order valence-corrected chi connectivity index (χ1v) is 5.63. The summed E-state index contributed by atoms with van der Waals surface area (Å²) in [7, 11) is 0. The van der Waals surface area contributed by atoms with Crippen molar-refractivity contribution in [2.24, 2.45) is 0 Å². The van der Waals surface area contributed by atoms with Gasteiger partial charge < -0.3 is 20.6 Å². The predicted molar refractivity (Wildman–Crippen MR) is 67.1 cm³/mol. The van der Waals surface area contributed by atoms with Crippen LogP contribution in [0.2, 0.25) is 0 Å². The molecule has 0 spiro atoms. The van der Waals surface area contributed by atoms with Crippen molar-refractivity contribution in [2.45, 2.75) is 0 Å². The van der Waals surface area contributed by atoms with Gasteiger partial charge in [0, 0.05) is 32.2 Å². The number of piperazine rings is 1. The predicted octanol–water partition coefficient (Wildman–Crippen LogP) is 0.372. The Kier molecular flexibility index (Phi) is 3.36. The monoisotopic (exact) mass is 267 g/mol. The van der Waals surface area contributed by atoms with Crippen LogP contribution in [0.5, 0.6) is 0 Å². The summed E-state index contributed by atoms with van der Waals surface area (Å²) in [5.41, 5.74) is 5.29. The maximum atomic E-state index is 10.8. The van der Waals surface area contributed by atoms with E-state index in [4.69, 9.17) is 10.8 Å². The molecule has 19 heavy (non-hydrogen) atoms. The summed E-state index contributed by atoms with van der Waals surface area (Å²) in [5.74, 6) is 0.385. The highest BCUT2D eigenvalue weighted by atomic mass is 16.6. The van der Waals surface area contributed by atoms with Crippen molar-refractivity contribution in [3.05, 3.63) is 22.2 Å². The fourth-order valence-electron chi connectivity index (χ4n) is 1.91. The fraction of sp³-hybridized carbons (Fsp3) is 0.400. The van der Waals surface area contributed by atoms with E-state index in [9.17, 15) is 14.9 Å². The Hall–Kier alpha value is -2.58. The zero-order valence-corrected chi connectivity index (χ0v) is 10.0. The lowest BCUT2D eigenvalue weighted by Gasteiger charge is -2.33. The Labute approximate surface area is 108 Å². The molecule has 0 bridgehead atoms. The number of pyridine rings is 1. The average molecular weight is 267 g/mol. The second-order valence-corrected chi connectivity index (χ2v) is 4.09. The van der Waals surface area contributed by atoms with Crippen molar-refractivity contribution in [1.82, 2.24) is 9.88 Å². The second-order valence-electron chi connectivity index (χ2n) is 4.09. The van der Waals surface area contributed by atoms with Crippen LogP contribution in [0.3, 0.4) is 0 Å². The van der Waals surface area contributed by atoms with E-state index in [1.807, 2.05) is 4.90 Å². The van der Waals surface area contributed by atoms with Gasteiger partial charge in [0.1, 0.15) is 5.82 Å². The van der Waals surface area contributed by atoms with E-state index < -0.39 is 11.0 Å². The molecule has 1 amide bonds. The van der Waals surface area contributed by atoms with E-state index in [1.54, 1.807) is 0 Å². The number of aromatic nitrogens is 1. The topological polar surface area (TPSA) is 126 Å². The van der Waals surface area contributed by atoms with E-state index in [2.05, 4.69) is 4.98 Å². The van der Waals surface area contributed by atoms with Crippen molar-refractivity contribution in [2.75, 3.05) is 36.8 Å². The number of nitrogens with zero attached hydrogens (tertiary/aromatic N) is 4. The third-order valence-corrected chi connectivity index (χ3v) is 2.96. The van der Waals surface area contributed by atoms with Gasteiger partial charge in [-0.05, 0) is 6.07 Å². The van der Waals surface area contributed by atoms with Gasteiger partial charge in [0.2, 0.25) is 5.82 Å². The van der Waals surface area contributed by atoms with Gasteiger partial charge in [-0.3, -0.25) is 10.1 Å². The molecule has 0 unspecified atom stereocenters. The van der Waals surface area contributed by atoms with Crippen LogP contribution < -0.4 is 10.6 Å². The van der Waals surface area contributed by atoms with Gasteiger partial charge in [0.05, 0.1) is 4.92 Å². The molecule has 1 aromatic heterocycles. The molecule has 2 heterocycles. The first kappa shape index (κ1) is 12.9. The molecule has 9 heteroatoms. The van der Waals surface area contributed by atoms with E-state index >= 15 is 0 Å². The van der Waals surface area contributed by atoms with Crippen LogP contribution in [0, 0.1) is 10.1 Å². The Balaban J connectivity index is 2.10. The second kappa shape index (κ2) is 4.96. The molecular weight excluding hydrogens is 254 g/mol. The zero-order valence-electron chi connectivity index (χ0n) is 10.0. The number of nitrogen functional groups attached to an aromatic ring is 1. The van der Waals surface area contributed by atoms with Crippen LogP contribution in [0.15, 0.2) is 12.1 Å². The molecule has 1 fully saturated rings. The molecule has 1 saturated heterocycles. The maximum Gasteiger partial charge on any atom is 0.407 e. The van der Waals surface area contributed by atoms with E-state index in [0.29, 0.717) is 32.0 Å². The number of carbonyl (C=O) groups is 1. The summed E-state index contributed by atoms with van der Waals surface area (Å²) in [6, 6.07) is 2.83. The Morgan fingerprint density at radius 2 is 2.00 bits per heavy atom. The fourth-order valence-corrected chi connectivity index (χ4v) is 1.91. The molecule has 1 aliphatic heterocycles. The number of anilines is 2. The van der Waals surface area contributed by atoms with Crippen molar-refractivity contribution >= 4 is 23.4 Å². The van der Waals surface area contributed by atoms with Crippen molar-refractivity contribution < 1.29 is 14.8 Å². The molecule has 3 N–H and O–H groups in total. The van der Waals surface area contributed by atoms with E-state index in [0.717, 1.165) is 0 Å². The zero-order chi connectivity index (χ0) is 14.0. The number of nitrogens with two attached hydrogens (primary N) is 1. The lowest BCUT2D eigenvalue weighted by Crippen LogP contribution is -2.48. The SMILES string of the molecule is Nc1nc(N2CCN(C(=O)O)CC2)ccc1[N+](=O)[O-]. The number of hydrogen-bond donors (Lipinski definition) is 2. The third-order valence-electron chi connectivity index (χ3n) is 2.96. The Morgan fingerprint density at radius 3 is 2.47 bits per heavy atom. The van der Waals surface area contributed by atoms with Crippen LogP contribution in [0.25, 0.3) is 0 Å². The maximum absolute atomic E-state index is 10.8. The molecule has 1 aromatic rings. The van der Waals surface area contributed by atoms with Gasteiger partial charge in [0.15, 0.2) is 0 Å². The van der Waals surface area contributed by atoms with Gasteiger partial charge in [-0.25, -0.2) is 9.78 Å². The lowest BCUT2D eigenvalue weighted by atomic mass is 10.3. The number of rotatable bonds is 2. The summed E-state index contributed by atoms with van der Waals surface area (Å²) in [6.07, 6.45) is -0.948. The smallest absolute Gasteiger partial charge is 0.407 e. The molecule has 0 atom stereocenters. The highest BCUT2D eigenvalue weighted by molar-refractivity contribution is 5.65. The quantitative estimate of drug-likeness (QED) is 0.585. The lowest BCUT2D eigenvalue weighted by molar-refractivity contribution is -0.384. The molecule has 0 aromatic carbocycles. The van der Waals surface area contributed by atoms with Gasteiger partial charge in [0.25, 0.3) is 0 Å². The number of amides is 1. The summed E-state index contributed by atoms with van der Waals surface area (Å²) in [4.78, 5) is 27.9. The Morgan fingerprint density at radius 1 is 1.37 bits per heavy atom. The third kappa shape index (κ3) is 2.64. The molecule has 1 aliphatic rings. The summed E-state index contributed by atoms with van der Waals surface area (Å²) >= 11 is 0. The minimum Gasteiger partial charge on any atom is -0.465 e. The highest BCUT2D eigenvalue weighted by Crippen LogP contribution is 2.23. The molecule has 0 saturated carbocycles. The normalized spacial score (nSPS) is 15.4. The largest absolute Gasteiger partial charge is 0.465 e. The van der Waals surface area contributed by atoms with Gasteiger partial charge >= 0.3 is 11.8 Å². The standard InChI is InChI=1S/C10H13N5O4/c11-9-7(15(18)19)1-2-8(12-9)13-3-5-14(6-4-13)10(16)17/h1-2H,3-6H2,(H2,11,12)(H,16,17).